The van der Waals surface area contributed by atoms with Crippen LogP contribution in [0.5, 0.6) is 0 Å². The zero-order chi connectivity index (χ0) is 3.54. The second-order valence-corrected chi connectivity index (χ2v) is 0.832. The van der Waals surface area contributed by atoms with Crippen molar-refractivity contribution in [2.24, 2.45) is 0 Å². The molecular formula is C7H13NRu. The molecule has 1 aromatic rings. The van der Waals surface area contributed by atoms with Gasteiger partial charge in [0.2, 0.25) is 0 Å². The van der Waals surface area contributed by atoms with Crippen LogP contribution < -0.4 is 4.98 Å². The Kier molecular flexibility index (Phi) is 40.3. The van der Waals surface area contributed by atoms with E-state index in [2.05, 4.69) is 4.98 Å². The van der Waals surface area contributed by atoms with E-state index >= 15 is 0 Å². The first kappa shape index (κ1) is 23.1. The first-order chi connectivity index (χ1) is 2.50. The number of aromatic nitrogens is 1. The number of hydrogen-bond donors (Lipinski definition) is 0. The number of nitrogens with zero attached hydrogens (tertiary/aromatic N) is 1. The van der Waals surface area contributed by atoms with Crippen LogP contribution in [-0.2, 0) is 19.5 Å². The summed E-state index contributed by atoms with van der Waals surface area (Å²) in [7, 11) is 0. The van der Waals surface area contributed by atoms with Crippen LogP contribution in [0, 0.1) is 22.3 Å². The topological polar surface area (TPSA) is 14.1 Å². The molecule has 0 saturated carbocycles. The SMILES string of the molecule is [CH3-].[CH3-].[CH3-].[Ru+4].c1cc[n-]c1. The molecule has 0 amide bonds. The van der Waals surface area contributed by atoms with E-state index in [9.17, 15) is 0 Å². The maximum Gasteiger partial charge on any atom is 4.00 e. The molecule has 0 unspecified atom stereocenters. The van der Waals surface area contributed by atoms with Crippen molar-refractivity contribution in [1.82, 2.24) is 4.98 Å². The normalized spacial score (nSPS) is 4.44. The molecule has 1 nitrogen and oxygen atoms in total. The minimum absolute atomic E-state index is 0. The van der Waals surface area contributed by atoms with Gasteiger partial charge in [0.15, 0.2) is 0 Å². The van der Waals surface area contributed by atoms with Gasteiger partial charge in [-0.25, -0.2) is 0 Å². The third-order valence-electron chi connectivity index (χ3n) is 0.455. The Hall–Kier alpha value is -0.0966. The first-order valence-electron chi connectivity index (χ1n) is 1.52. The molecule has 2 heteroatoms. The molecule has 9 heavy (non-hydrogen) atoms. The van der Waals surface area contributed by atoms with Crippen molar-refractivity contribution in [2.45, 2.75) is 0 Å². The van der Waals surface area contributed by atoms with Gasteiger partial charge in [-0.1, -0.05) is 12.1 Å². The van der Waals surface area contributed by atoms with Crippen molar-refractivity contribution in [3.8, 4) is 0 Å². The van der Waals surface area contributed by atoms with E-state index in [1.807, 2.05) is 12.1 Å². The molecule has 0 aliphatic rings. The van der Waals surface area contributed by atoms with Gasteiger partial charge in [-0.3, -0.25) is 0 Å². The molecule has 1 heterocycles. The smallest absolute Gasteiger partial charge is 0.670 e. The molecule has 0 aliphatic heterocycles. The third-order valence-corrected chi connectivity index (χ3v) is 0.455. The van der Waals surface area contributed by atoms with Crippen LogP contribution in [-0.4, -0.2) is 0 Å². The average Bonchev–Trinajstić information content (AvgIpc) is 1.76. The second kappa shape index (κ2) is 15.7. The van der Waals surface area contributed by atoms with E-state index in [1.54, 1.807) is 12.4 Å². The summed E-state index contributed by atoms with van der Waals surface area (Å²) >= 11 is 0. The number of rotatable bonds is 0. The Balaban J connectivity index is -0.0000000312. The van der Waals surface area contributed by atoms with Crippen LogP contribution in [0.25, 0.3) is 0 Å². The molecular weight excluding hydrogens is 199 g/mol. The molecule has 1 aromatic heterocycles. The van der Waals surface area contributed by atoms with E-state index in [4.69, 9.17) is 0 Å². The quantitative estimate of drug-likeness (QED) is 0.474. The Labute approximate surface area is 71.6 Å². The summed E-state index contributed by atoms with van der Waals surface area (Å²) in [6, 6.07) is 3.78. The van der Waals surface area contributed by atoms with Crippen molar-refractivity contribution < 1.29 is 19.5 Å². The Morgan fingerprint density at radius 1 is 0.778 bits per heavy atom. The Morgan fingerprint density at radius 3 is 1.22 bits per heavy atom. The molecule has 0 fully saturated rings. The van der Waals surface area contributed by atoms with Gasteiger partial charge in [0.05, 0.1) is 0 Å². The summed E-state index contributed by atoms with van der Waals surface area (Å²) in [6.07, 6.45) is 3.50. The van der Waals surface area contributed by atoms with Crippen LogP contribution in [0.15, 0.2) is 24.5 Å². The summed E-state index contributed by atoms with van der Waals surface area (Å²) in [5.41, 5.74) is 0. The average molecular weight is 212 g/mol. The largest absolute Gasteiger partial charge is 4.00 e. The van der Waals surface area contributed by atoms with Crippen LogP contribution in [0.3, 0.4) is 0 Å². The van der Waals surface area contributed by atoms with Crippen molar-refractivity contribution >= 4 is 0 Å². The Bertz CT molecular complexity index is 65.4. The monoisotopic (exact) mass is 213 g/mol. The maximum absolute atomic E-state index is 3.72. The van der Waals surface area contributed by atoms with E-state index in [0.29, 0.717) is 0 Å². The van der Waals surface area contributed by atoms with E-state index in [-0.39, 0.29) is 41.8 Å². The fourth-order valence-electron chi connectivity index (χ4n) is 0.248. The van der Waals surface area contributed by atoms with Gasteiger partial charge in [0, 0.05) is 0 Å². The summed E-state index contributed by atoms with van der Waals surface area (Å²) in [5, 5.41) is 0. The molecule has 0 atom stereocenters. The third kappa shape index (κ3) is 11.5. The zero-order valence-electron chi connectivity index (χ0n) is 6.11. The molecule has 0 aliphatic carbocycles. The van der Waals surface area contributed by atoms with Gasteiger partial charge in [-0.05, 0) is 0 Å². The summed E-state index contributed by atoms with van der Waals surface area (Å²) in [6.45, 7) is 0. The summed E-state index contributed by atoms with van der Waals surface area (Å²) < 4.78 is 0. The Morgan fingerprint density at radius 2 is 1.11 bits per heavy atom. The summed E-state index contributed by atoms with van der Waals surface area (Å²) in [5.74, 6) is 0. The van der Waals surface area contributed by atoms with Crippen LogP contribution in [0.4, 0.5) is 0 Å². The standard InChI is InChI=1S/C4H4N.3CH3.Ru/c1-2-4-5-3-1;;;;/h1-4H;3*1H3;/q4*-1;+4. The van der Waals surface area contributed by atoms with Crippen molar-refractivity contribution in [3.05, 3.63) is 46.8 Å². The van der Waals surface area contributed by atoms with Gasteiger partial charge >= 0.3 is 19.5 Å². The van der Waals surface area contributed by atoms with Crippen molar-refractivity contribution in [1.29, 1.82) is 0 Å². The molecule has 0 aromatic carbocycles. The molecule has 1 rings (SSSR count). The summed E-state index contributed by atoms with van der Waals surface area (Å²) in [4.78, 5) is 3.72. The van der Waals surface area contributed by atoms with Gasteiger partial charge in [-0.15, -0.1) is 0 Å². The van der Waals surface area contributed by atoms with Gasteiger partial charge in [0.1, 0.15) is 0 Å². The van der Waals surface area contributed by atoms with E-state index < -0.39 is 0 Å². The fourth-order valence-corrected chi connectivity index (χ4v) is 0.248. The minimum atomic E-state index is 0. The predicted molar refractivity (Wildman–Crippen MR) is 39.0 cm³/mol. The van der Waals surface area contributed by atoms with Gasteiger partial charge in [0.25, 0.3) is 0 Å². The van der Waals surface area contributed by atoms with Crippen molar-refractivity contribution in [2.75, 3.05) is 0 Å². The number of hydrogen-bond acceptors (Lipinski definition) is 0. The molecule has 0 saturated heterocycles. The van der Waals surface area contributed by atoms with Crippen LogP contribution >= 0.6 is 0 Å². The molecule has 0 N–H and O–H groups in total. The molecule has 0 bridgehead atoms. The van der Waals surface area contributed by atoms with Crippen LogP contribution in [0.1, 0.15) is 0 Å². The maximum atomic E-state index is 3.72. The van der Waals surface area contributed by atoms with Crippen LogP contribution in [0.2, 0.25) is 0 Å². The van der Waals surface area contributed by atoms with E-state index in [1.165, 1.54) is 0 Å². The fraction of sp³-hybridized carbons (Fsp3) is 0. The van der Waals surface area contributed by atoms with Crippen molar-refractivity contribution in [3.63, 3.8) is 0 Å². The first-order valence-corrected chi connectivity index (χ1v) is 1.52. The second-order valence-electron chi connectivity index (χ2n) is 0.832. The van der Waals surface area contributed by atoms with Gasteiger partial charge < -0.3 is 27.3 Å². The van der Waals surface area contributed by atoms with Gasteiger partial charge in [-0.2, -0.15) is 12.4 Å². The molecule has 54 valence electrons. The predicted octanol–water partition coefficient (Wildman–Crippen LogP) is 1.99. The minimum Gasteiger partial charge on any atom is -0.670 e. The molecule has 0 radical (unpaired) electrons. The van der Waals surface area contributed by atoms with E-state index in [0.717, 1.165) is 0 Å². The zero-order valence-corrected chi connectivity index (χ0v) is 7.85. The molecule has 0 spiro atoms.